The topological polar surface area (TPSA) is 49.4 Å². The number of benzene rings is 2. The average molecular weight is 338 g/mol. The van der Waals surface area contributed by atoms with Crippen LogP contribution in [0.2, 0.25) is 0 Å². The molecule has 2 aromatic rings. The van der Waals surface area contributed by atoms with Gasteiger partial charge in [0.2, 0.25) is 11.8 Å². The number of rotatable bonds is 8. The minimum Gasteiger partial charge on any atom is -0.355 e. The van der Waals surface area contributed by atoms with Gasteiger partial charge in [0.1, 0.15) is 0 Å². The van der Waals surface area contributed by atoms with Gasteiger partial charge in [-0.05, 0) is 30.9 Å². The molecule has 0 heterocycles. The highest BCUT2D eigenvalue weighted by Crippen LogP contribution is 2.07. The van der Waals surface area contributed by atoms with Gasteiger partial charge in [0.25, 0.3) is 0 Å². The number of hydrogen-bond acceptors (Lipinski definition) is 2. The van der Waals surface area contributed by atoms with E-state index in [2.05, 4.69) is 17.4 Å². The second-order valence-corrected chi connectivity index (χ2v) is 6.30. The van der Waals surface area contributed by atoms with E-state index >= 15 is 0 Å². The first-order chi connectivity index (χ1) is 12.0. The largest absolute Gasteiger partial charge is 0.355 e. The Morgan fingerprint density at radius 1 is 0.960 bits per heavy atom. The summed E-state index contributed by atoms with van der Waals surface area (Å²) in [5.74, 6) is -0.213. The van der Waals surface area contributed by atoms with Crippen molar-refractivity contribution in [1.82, 2.24) is 10.2 Å². The highest BCUT2D eigenvalue weighted by atomic mass is 16.2. The third kappa shape index (κ3) is 6.79. The SMILES string of the molecule is CC(=O)N(CC(=O)NCCCc1ccccc1)Cc1ccc(C)cc1. The quantitative estimate of drug-likeness (QED) is 0.752. The number of nitrogens with one attached hydrogen (secondary N) is 1. The molecule has 0 bridgehead atoms. The van der Waals surface area contributed by atoms with Crippen molar-refractivity contribution in [3.63, 3.8) is 0 Å². The predicted octanol–water partition coefficient (Wildman–Crippen LogP) is 3.09. The molecule has 0 aliphatic heterocycles. The highest BCUT2D eigenvalue weighted by molar-refractivity contribution is 5.83. The van der Waals surface area contributed by atoms with Crippen LogP contribution in [0.15, 0.2) is 54.6 Å². The Labute approximate surface area is 149 Å². The van der Waals surface area contributed by atoms with Crippen molar-refractivity contribution in [3.05, 3.63) is 71.3 Å². The molecule has 1 N–H and O–H groups in total. The van der Waals surface area contributed by atoms with Gasteiger partial charge in [0.15, 0.2) is 0 Å². The van der Waals surface area contributed by atoms with E-state index in [0.29, 0.717) is 13.1 Å². The molecule has 0 atom stereocenters. The number of aryl methyl sites for hydroxylation is 2. The molecule has 0 aliphatic rings. The zero-order chi connectivity index (χ0) is 18.1. The number of amides is 2. The lowest BCUT2D eigenvalue weighted by molar-refractivity contribution is -0.134. The van der Waals surface area contributed by atoms with E-state index in [1.807, 2.05) is 49.4 Å². The summed E-state index contributed by atoms with van der Waals surface area (Å²) < 4.78 is 0. The van der Waals surface area contributed by atoms with Crippen LogP contribution in [0, 0.1) is 6.92 Å². The summed E-state index contributed by atoms with van der Waals surface area (Å²) in [5, 5.41) is 2.90. The van der Waals surface area contributed by atoms with Gasteiger partial charge in [-0.2, -0.15) is 0 Å². The summed E-state index contributed by atoms with van der Waals surface area (Å²) in [4.78, 5) is 25.5. The molecule has 0 unspecified atom stereocenters. The number of carbonyl (C=O) groups is 2. The van der Waals surface area contributed by atoms with Crippen LogP contribution in [0.5, 0.6) is 0 Å². The van der Waals surface area contributed by atoms with Crippen molar-refractivity contribution in [2.75, 3.05) is 13.1 Å². The van der Waals surface area contributed by atoms with Gasteiger partial charge in [0, 0.05) is 20.0 Å². The monoisotopic (exact) mass is 338 g/mol. The lowest BCUT2D eigenvalue weighted by atomic mass is 10.1. The number of nitrogens with zero attached hydrogens (tertiary/aromatic N) is 1. The Kier molecular flexibility index (Phi) is 7.20. The van der Waals surface area contributed by atoms with E-state index in [-0.39, 0.29) is 18.4 Å². The normalized spacial score (nSPS) is 10.3. The molecule has 0 saturated heterocycles. The first-order valence-corrected chi connectivity index (χ1v) is 8.66. The van der Waals surface area contributed by atoms with Crippen LogP contribution in [-0.4, -0.2) is 29.8 Å². The van der Waals surface area contributed by atoms with E-state index in [0.717, 1.165) is 18.4 Å². The van der Waals surface area contributed by atoms with Crippen LogP contribution in [-0.2, 0) is 22.6 Å². The van der Waals surface area contributed by atoms with E-state index in [1.165, 1.54) is 18.1 Å². The summed E-state index contributed by atoms with van der Waals surface area (Å²) in [7, 11) is 0. The van der Waals surface area contributed by atoms with Gasteiger partial charge >= 0.3 is 0 Å². The van der Waals surface area contributed by atoms with Gasteiger partial charge in [0.05, 0.1) is 6.54 Å². The molecule has 4 heteroatoms. The maximum Gasteiger partial charge on any atom is 0.239 e. The van der Waals surface area contributed by atoms with Gasteiger partial charge in [-0.1, -0.05) is 60.2 Å². The molecule has 4 nitrogen and oxygen atoms in total. The van der Waals surface area contributed by atoms with E-state index in [4.69, 9.17) is 0 Å². The molecule has 25 heavy (non-hydrogen) atoms. The molecule has 0 aromatic heterocycles. The van der Waals surface area contributed by atoms with Crippen LogP contribution in [0.3, 0.4) is 0 Å². The summed E-state index contributed by atoms with van der Waals surface area (Å²) in [5.41, 5.74) is 3.47. The van der Waals surface area contributed by atoms with Gasteiger partial charge in [-0.25, -0.2) is 0 Å². The molecule has 132 valence electrons. The fourth-order valence-corrected chi connectivity index (χ4v) is 2.59. The van der Waals surface area contributed by atoms with Crippen LogP contribution in [0.25, 0.3) is 0 Å². The maximum atomic E-state index is 12.1. The predicted molar refractivity (Wildman–Crippen MR) is 100 cm³/mol. The lowest BCUT2D eigenvalue weighted by Gasteiger charge is -2.20. The molecule has 2 amide bonds. The zero-order valence-corrected chi connectivity index (χ0v) is 15.0. The number of hydrogen-bond donors (Lipinski definition) is 1. The molecule has 0 saturated carbocycles. The third-order valence-electron chi connectivity index (χ3n) is 4.08. The lowest BCUT2D eigenvalue weighted by Crippen LogP contribution is -2.39. The third-order valence-corrected chi connectivity index (χ3v) is 4.08. The Morgan fingerprint density at radius 3 is 2.28 bits per heavy atom. The second-order valence-electron chi connectivity index (χ2n) is 6.30. The fraction of sp³-hybridized carbons (Fsp3) is 0.333. The maximum absolute atomic E-state index is 12.1. The molecule has 0 aliphatic carbocycles. The molecule has 0 radical (unpaired) electrons. The van der Waals surface area contributed by atoms with Crippen LogP contribution >= 0.6 is 0 Å². The zero-order valence-electron chi connectivity index (χ0n) is 15.0. The molecule has 0 spiro atoms. The van der Waals surface area contributed by atoms with Crippen LogP contribution in [0.4, 0.5) is 0 Å². The highest BCUT2D eigenvalue weighted by Gasteiger charge is 2.13. The number of carbonyl (C=O) groups excluding carboxylic acids is 2. The van der Waals surface area contributed by atoms with Crippen LogP contribution < -0.4 is 5.32 Å². The van der Waals surface area contributed by atoms with E-state index in [9.17, 15) is 9.59 Å². The average Bonchev–Trinajstić information content (AvgIpc) is 2.61. The molecule has 2 rings (SSSR count). The Morgan fingerprint density at radius 2 is 1.64 bits per heavy atom. The minimum absolute atomic E-state index is 0.0918. The van der Waals surface area contributed by atoms with E-state index < -0.39 is 0 Å². The molecular formula is C21H26N2O2. The van der Waals surface area contributed by atoms with Gasteiger partial charge < -0.3 is 10.2 Å². The first-order valence-electron chi connectivity index (χ1n) is 8.66. The van der Waals surface area contributed by atoms with Crippen molar-refractivity contribution in [2.24, 2.45) is 0 Å². The molecule has 0 fully saturated rings. The van der Waals surface area contributed by atoms with Crippen molar-refractivity contribution < 1.29 is 9.59 Å². The standard InChI is InChI=1S/C21H26N2O2/c1-17-10-12-20(13-11-17)15-23(18(2)24)16-21(25)22-14-6-9-19-7-4-3-5-8-19/h3-5,7-8,10-13H,6,9,14-16H2,1-2H3,(H,22,25). The van der Waals surface area contributed by atoms with Crippen molar-refractivity contribution in [2.45, 2.75) is 33.2 Å². The Hall–Kier alpha value is -2.62. The summed E-state index contributed by atoms with van der Waals surface area (Å²) in [6.45, 7) is 4.68. The van der Waals surface area contributed by atoms with Crippen molar-refractivity contribution >= 4 is 11.8 Å². The van der Waals surface area contributed by atoms with E-state index in [1.54, 1.807) is 4.90 Å². The van der Waals surface area contributed by atoms with Gasteiger partial charge in [-0.3, -0.25) is 9.59 Å². The summed E-state index contributed by atoms with van der Waals surface area (Å²) >= 11 is 0. The fourth-order valence-electron chi connectivity index (χ4n) is 2.59. The van der Waals surface area contributed by atoms with Crippen LogP contribution in [0.1, 0.15) is 30.0 Å². The van der Waals surface area contributed by atoms with Crippen molar-refractivity contribution in [3.8, 4) is 0 Å². The minimum atomic E-state index is -0.115. The summed E-state index contributed by atoms with van der Waals surface area (Å²) in [6, 6.07) is 18.2. The van der Waals surface area contributed by atoms with Crippen molar-refractivity contribution in [1.29, 1.82) is 0 Å². The smallest absolute Gasteiger partial charge is 0.239 e. The second kappa shape index (κ2) is 9.62. The summed E-state index contributed by atoms with van der Waals surface area (Å²) in [6.07, 6.45) is 1.81. The first kappa shape index (κ1) is 18.7. The Bertz CT molecular complexity index is 681. The molecule has 2 aromatic carbocycles. The molecular weight excluding hydrogens is 312 g/mol. The van der Waals surface area contributed by atoms with Gasteiger partial charge in [-0.15, -0.1) is 0 Å². The Balaban J connectivity index is 1.75.